The first kappa shape index (κ1) is 26.8. The first-order chi connectivity index (χ1) is 14.5. The van der Waals surface area contributed by atoms with Crippen LogP contribution in [0.2, 0.25) is 0 Å². The van der Waals surface area contributed by atoms with E-state index >= 15 is 0 Å². The van der Waals surface area contributed by atoms with Crippen LogP contribution in [0.5, 0.6) is 17.2 Å². The summed E-state index contributed by atoms with van der Waals surface area (Å²) >= 11 is 0. The Hall–Kier alpha value is -2.23. The zero-order valence-corrected chi connectivity index (χ0v) is 21.7. The Bertz CT molecular complexity index is 859. The lowest BCUT2D eigenvalue weighted by Gasteiger charge is -2.15. The third-order valence-corrected chi connectivity index (χ3v) is 4.71. The molecule has 0 saturated heterocycles. The van der Waals surface area contributed by atoms with E-state index in [0.717, 1.165) is 53.0 Å². The number of hydrogen-bond acceptors (Lipinski definition) is 5. The van der Waals surface area contributed by atoms with Gasteiger partial charge in [-0.15, -0.1) is 24.0 Å². The van der Waals surface area contributed by atoms with Crippen molar-refractivity contribution in [2.45, 2.75) is 40.7 Å². The molecule has 2 aromatic rings. The highest BCUT2D eigenvalue weighted by Gasteiger charge is 2.10. The summed E-state index contributed by atoms with van der Waals surface area (Å²) in [5, 5.41) is 6.66. The standard InChI is InChI=1S/C23H34N4O3.HI/c1-7-29-20-10-9-18(13-21(20)30-8-2)11-12-25-23(24-5)27-15-19-17(4)22(28-6)16(3)14-26-19;/h9-10,13-14H,7-8,11-12,15H2,1-6H3,(H2,24,25,27);1H. The van der Waals surface area contributed by atoms with Gasteiger partial charge in [-0.2, -0.15) is 0 Å². The number of ether oxygens (including phenoxy) is 3. The number of aryl methyl sites for hydroxylation is 1. The van der Waals surface area contributed by atoms with Gasteiger partial charge in [-0.3, -0.25) is 9.98 Å². The van der Waals surface area contributed by atoms with E-state index in [1.807, 2.05) is 46.0 Å². The van der Waals surface area contributed by atoms with Crippen molar-refractivity contribution >= 4 is 29.9 Å². The molecule has 8 heteroatoms. The molecule has 1 aromatic heterocycles. The Kier molecular flexibility index (Phi) is 12.1. The van der Waals surface area contributed by atoms with E-state index in [1.165, 1.54) is 5.56 Å². The largest absolute Gasteiger partial charge is 0.496 e. The van der Waals surface area contributed by atoms with E-state index in [9.17, 15) is 0 Å². The van der Waals surface area contributed by atoms with E-state index in [1.54, 1.807) is 14.2 Å². The van der Waals surface area contributed by atoms with Crippen LogP contribution in [-0.4, -0.2) is 44.9 Å². The summed E-state index contributed by atoms with van der Waals surface area (Å²) in [4.78, 5) is 8.82. The molecule has 0 aliphatic heterocycles. The van der Waals surface area contributed by atoms with Gasteiger partial charge in [0.25, 0.3) is 0 Å². The van der Waals surface area contributed by atoms with Crippen LogP contribution in [0.25, 0.3) is 0 Å². The van der Waals surface area contributed by atoms with Crippen LogP contribution in [0.1, 0.15) is 36.2 Å². The first-order valence-corrected chi connectivity index (χ1v) is 10.4. The number of rotatable bonds is 10. The van der Waals surface area contributed by atoms with Crippen molar-refractivity contribution in [1.82, 2.24) is 15.6 Å². The zero-order valence-electron chi connectivity index (χ0n) is 19.4. The number of methoxy groups -OCH3 is 1. The minimum absolute atomic E-state index is 0. The molecule has 0 aliphatic carbocycles. The molecule has 31 heavy (non-hydrogen) atoms. The van der Waals surface area contributed by atoms with Gasteiger partial charge < -0.3 is 24.8 Å². The highest BCUT2D eigenvalue weighted by atomic mass is 127. The molecule has 0 saturated carbocycles. The summed E-state index contributed by atoms with van der Waals surface area (Å²) < 4.78 is 16.8. The number of guanidine groups is 1. The van der Waals surface area contributed by atoms with Crippen molar-refractivity contribution in [1.29, 1.82) is 0 Å². The van der Waals surface area contributed by atoms with Gasteiger partial charge in [0.05, 0.1) is 32.6 Å². The van der Waals surface area contributed by atoms with Crippen molar-refractivity contribution in [3.05, 3.63) is 46.8 Å². The molecule has 2 rings (SSSR count). The Balaban J connectivity index is 0.00000480. The molecule has 0 atom stereocenters. The van der Waals surface area contributed by atoms with E-state index in [-0.39, 0.29) is 24.0 Å². The SMILES string of the molecule is CCOc1ccc(CCNC(=NC)NCc2ncc(C)c(OC)c2C)cc1OCC.I. The van der Waals surface area contributed by atoms with Crippen LogP contribution >= 0.6 is 24.0 Å². The second-order valence-electron chi connectivity index (χ2n) is 6.80. The number of aromatic nitrogens is 1. The topological polar surface area (TPSA) is 77.0 Å². The molecule has 7 nitrogen and oxygen atoms in total. The highest BCUT2D eigenvalue weighted by molar-refractivity contribution is 14.0. The van der Waals surface area contributed by atoms with Crippen LogP contribution in [0.4, 0.5) is 0 Å². The smallest absolute Gasteiger partial charge is 0.191 e. The fourth-order valence-corrected chi connectivity index (χ4v) is 3.21. The summed E-state index contributed by atoms with van der Waals surface area (Å²) in [6.07, 6.45) is 2.67. The monoisotopic (exact) mass is 542 g/mol. The van der Waals surface area contributed by atoms with Crippen LogP contribution in [0.15, 0.2) is 29.4 Å². The fourth-order valence-electron chi connectivity index (χ4n) is 3.21. The third-order valence-electron chi connectivity index (χ3n) is 4.71. The third kappa shape index (κ3) is 7.75. The Morgan fingerprint density at radius 3 is 2.42 bits per heavy atom. The van der Waals surface area contributed by atoms with Gasteiger partial charge in [0, 0.05) is 30.9 Å². The minimum Gasteiger partial charge on any atom is -0.496 e. The highest BCUT2D eigenvalue weighted by Crippen LogP contribution is 2.28. The quantitative estimate of drug-likeness (QED) is 0.268. The Labute approximate surface area is 203 Å². The van der Waals surface area contributed by atoms with Crippen molar-refractivity contribution < 1.29 is 14.2 Å². The number of halogens is 1. The van der Waals surface area contributed by atoms with Crippen LogP contribution in [0.3, 0.4) is 0 Å². The lowest BCUT2D eigenvalue weighted by Crippen LogP contribution is -2.38. The van der Waals surface area contributed by atoms with Crippen molar-refractivity contribution in [2.75, 3.05) is 33.9 Å². The normalized spacial score (nSPS) is 10.8. The van der Waals surface area contributed by atoms with Gasteiger partial charge in [0.2, 0.25) is 0 Å². The maximum atomic E-state index is 5.71. The van der Waals surface area contributed by atoms with Gasteiger partial charge in [-0.05, 0) is 51.8 Å². The summed E-state index contributed by atoms with van der Waals surface area (Å²) in [6, 6.07) is 6.07. The molecule has 0 unspecified atom stereocenters. The van der Waals surface area contributed by atoms with Crippen molar-refractivity contribution in [3.63, 3.8) is 0 Å². The van der Waals surface area contributed by atoms with Gasteiger partial charge in [-0.1, -0.05) is 6.07 Å². The predicted octanol–water partition coefficient (Wildman–Crippen LogP) is 4.03. The van der Waals surface area contributed by atoms with Crippen molar-refractivity contribution in [2.24, 2.45) is 4.99 Å². The van der Waals surface area contributed by atoms with Crippen LogP contribution in [0, 0.1) is 13.8 Å². The average Bonchev–Trinajstić information content (AvgIpc) is 2.74. The van der Waals surface area contributed by atoms with E-state index in [0.29, 0.717) is 19.8 Å². The first-order valence-electron chi connectivity index (χ1n) is 10.4. The summed E-state index contributed by atoms with van der Waals surface area (Å²) in [6.45, 7) is 10.5. The molecule has 0 fully saturated rings. The minimum atomic E-state index is 0. The molecule has 1 heterocycles. The number of benzene rings is 1. The number of pyridine rings is 1. The lowest BCUT2D eigenvalue weighted by atomic mass is 10.1. The number of aliphatic imine (C=N–C) groups is 1. The van der Waals surface area contributed by atoms with E-state index in [2.05, 4.69) is 26.7 Å². The molecule has 0 spiro atoms. The maximum Gasteiger partial charge on any atom is 0.191 e. The van der Waals surface area contributed by atoms with E-state index in [4.69, 9.17) is 14.2 Å². The van der Waals surface area contributed by atoms with E-state index < -0.39 is 0 Å². The Morgan fingerprint density at radius 1 is 1.06 bits per heavy atom. The van der Waals surface area contributed by atoms with Gasteiger partial charge in [-0.25, -0.2) is 0 Å². The average molecular weight is 542 g/mol. The molecule has 0 bridgehead atoms. The molecular formula is C23H35IN4O3. The van der Waals surface area contributed by atoms with Crippen LogP contribution in [-0.2, 0) is 13.0 Å². The summed E-state index contributed by atoms with van der Waals surface area (Å²) in [5.74, 6) is 3.18. The molecule has 1 aromatic carbocycles. The number of nitrogens with zero attached hydrogens (tertiary/aromatic N) is 2. The summed E-state index contributed by atoms with van der Waals surface area (Å²) in [5.41, 5.74) is 4.18. The number of hydrogen-bond donors (Lipinski definition) is 2. The fraction of sp³-hybridized carbons (Fsp3) is 0.478. The maximum absolute atomic E-state index is 5.71. The Morgan fingerprint density at radius 2 is 1.77 bits per heavy atom. The zero-order chi connectivity index (χ0) is 21.9. The van der Waals surface area contributed by atoms with Crippen LogP contribution < -0.4 is 24.8 Å². The molecule has 2 N–H and O–H groups in total. The van der Waals surface area contributed by atoms with Gasteiger partial charge in [0.15, 0.2) is 17.5 Å². The molecule has 172 valence electrons. The molecule has 0 radical (unpaired) electrons. The molecular weight excluding hydrogens is 507 g/mol. The molecule has 0 amide bonds. The van der Waals surface area contributed by atoms with Crippen molar-refractivity contribution in [3.8, 4) is 17.2 Å². The number of nitrogens with one attached hydrogen (secondary N) is 2. The van der Waals surface area contributed by atoms with Gasteiger partial charge in [0.1, 0.15) is 5.75 Å². The second kappa shape index (κ2) is 14.0. The summed E-state index contributed by atoms with van der Waals surface area (Å²) in [7, 11) is 3.44. The molecule has 0 aliphatic rings. The lowest BCUT2D eigenvalue weighted by molar-refractivity contribution is 0.287. The predicted molar refractivity (Wildman–Crippen MR) is 136 cm³/mol. The second-order valence-corrected chi connectivity index (χ2v) is 6.80. The van der Waals surface area contributed by atoms with Gasteiger partial charge >= 0.3 is 0 Å².